The lowest BCUT2D eigenvalue weighted by Gasteiger charge is -2.31. The minimum atomic E-state index is -0.344. The molecule has 0 heterocycles. The van der Waals surface area contributed by atoms with Crippen LogP contribution in [0.3, 0.4) is 0 Å². The molecule has 1 aliphatic rings. The number of fused-ring (bicyclic) bond motifs is 7. The van der Waals surface area contributed by atoms with E-state index in [1.54, 1.807) is 0 Å². The van der Waals surface area contributed by atoms with E-state index >= 15 is 0 Å². The van der Waals surface area contributed by atoms with E-state index < -0.39 is 0 Å². The third-order valence-electron chi connectivity index (χ3n) is 12.5. The van der Waals surface area contributed by atoms with E-state index in [-0.39, 0.29) is 5.41 Å². The lowest BCUT2D eigenvalue weighted by molar-refractivity contribution is 0.661. The van der Waals surface area contributed by atoms with Crippen molar-refractivity contribution in [3.05, 3.63) is 248 Å². The number of para-hydroxylation sites is 6. The molecule has 0 spiro atoms. The molecule has 0 N–H and O–H groups in total. The first-order valence-electron chi connectivity index (χ1n) is 21.4. The van der Waals surface area contributed by atoms with E-state index in [0.717, 1.165) is 45.5 Å². The highest BCUT2D eigenvalue weighted by Crippen LogP contribution is 2.59. The maximum Gasteiger partial charge on any atom is 0.0544 e. The molecule has 0 atom stereocenters. The molecule has 0 unspecified atom stereocenters. The summed E-state index contributed by atoms with van der Waals surface area (Å²) in [7, 11) is 0. The lowest BCUT2D eigenvalue weighted by Crippen LogP contribution is -2.18. The Kier molecular flexibility index (Phi) is 9.17. The van der Waals surface area contributed by atoms with Crippen LogP contribution in [-0.2, 0) is 5.41 Å². The standard InChI is InChI=1S/C59H45N3/c1-59(2)53-40-55(61(44-27-13-5-14-28-44)45-29-15-6-16-30-45)49-35-21-22-36-50(49)57(53)58-51-38-37-48(60(42-23-9-3-10-24-42)43-25-11-4-12-26-43)39-52(51)56(41-54(58)59)62(46-31-17-7-18-32-46)47-33-19-8-20-34-47/h3-41H,1-2H3. The molecular formula is C59H45N3. The molecule has 0 amide bonds. The second-order valence-corrected chi connectivity index (χ2v) is 16.6. The molecule has 0 radical (unpaired) electrons. The summed E-state index contributed by atoms with van der Waals surface area (Å²) in [5.41, 5.74) is 15.0. The average molecular weight is 796 g/mol. The first-order valence-corrected chi connectivity index (χ1v) is 21.4. The molecule has 0 aliphatic heterocycles. The van der Waals surface area contributed by atoms with Gasteiger partial charge in [-0.2, -0.15) is 0 Å². The van der Waals surface area contributed by atoms with Gasteiger partial charge in [-0.1, -0.05) is 153 Å². The van der Waals surface area contributed by atoms with E-state index in [2.05, 4.69) is 265 Å². The molecule has 11 rings (SSSR count). The first kappa shape index (κ1) is 37.1. The van der Waals surface area contributed by atoms with Crippen LogP contribution >= 0.6 is 0 Å². The maximum absolute atomic E-state index is 2.50. The highest BCUT2D eigenvalue weighted by molar-refractivity contribution is 6.18. The Labute approximate surface area is 364 Å². The van der Waals surface area contributed by atoms with Crippen molar-refractivity contribution in [3.63, 3.8) is 0 Å². The smallest absolute Gasteiger partial charge is 0.0544 e. The Hall–Kier alpha value is -7.88. The van der Waals surface area contributed by atoms with Crippen LogP contribution in [0.5, 0.6) is 0 Å². The Morgan fingerprint density at radius 3 is 0.952 bits per heavy atom. The summed E-state index contributed by atoms with van der Waals surface area (Å²) in [6.45, 7) is 4.83. The predicted octanol–water partition coefficient (Wildman–Crippen LogP) is 16.7. The fourth-order valence-corrected chi connectivity index (χ4v) is 9.69. The molecule has 62 heavy (non-hydrogen) atoms. The van der Waals surface area contributed by atoms with Crippen molar-refractivity contribution in [3.8, 4) is 11.1 Å². The zero-order chi connectivity index (χ0) is 41.6. The summed E-state index contributed by atoms with van der Waals surface area (Å²) in [4.78, 5) is 7.23. The van der Waals surface area contributed by atoms with Gasteiger partial charge in [-0.3, -0.25) is 0 Å². The molecule has 0 bridgehead atoms. The van der Waals surface area contributed by atoms with Gasteiger partial charge in [0.05, 0.1) is 11.4 Å². The fraction of sp³-hybridized carbons (Fsp3) is 0.0508. The van der Waals surface area contributed by atoms with Crippen molar-refractivity contribution in [2.75, 3.05) is 14.7 Å². The van der Waals surface area contributed by atoms with Crippen LogP contribution in [0.1, 0.15) is 25.0 Å². The van der Waals surface area contributed by atoms with E-state index in [9.17, 15) is 0 Å². The van der Waals surface area contributed by atoms with Crippen LogP contribution in [-0.4, -0.2) is 0 Å². The van der Waals surface area contributed by atoms with Crippen molar-refractivity contribution in [2.45, 2.75) is 19.3 Å². The summed E-state index contributed by atoms with van der Waals surface area (Å²) in [5, 5.41) is 4.87. The SMILES string of the molecule is CC1(C)c2cc(N(c3ccccc3)c3ccccc3)c3ccccc3c2-c2c1cc(N(c1ccccc1)c1ccccc1)c1cc(N(c3ccccc3)c3ccccc3)ccc21. The van der Waals surface area contributed by atoms with Gasteiger partial charge >= 0.3 is 0 Å². The van der Waals surface area contributed by atoms with Crippen LogP contribution in [0.2, 0.25) is 0 Å². The van der Waals surface area contributed by atoms with E-state index in [1.165, 1.54) is 49.5 Å². The number of hydrogen-bond donors (Lipinski definition) is 0. The molecular weight excluding hydrogens is 751 g/mol. The van der Waals surface area contributed by atoms with Crippen LogP contribution in [0, 0.1) is 0 Å². The molecule has 0 saturated heterocycles. The monoisotopic (exact) mass is 795 g/mol. The minimum absolute atomic E-state index is 0.344. The normalized spacial score (nSPS) is 12.5. The third kappa shape index (κ3) is 6.21. The first-order chi connectivity index (χ1) is 30.6. The highest BCUT2D eigenvalue weighted by Gasteiger charge is 2.40. The van der Waals surface area contributed by atoms with Gasteiger partial charge in [0.2, 0.25) is 0 Å². The minimum Gasteiger partial charge on any atom is -0.310 e. The van der Waals surface area contributed by atoms with Gasteiger partial charge < -0.3 is 14.7 Å². The summed E-state index contributed by atoms with van der Waals surface area (Å²) < 4.78 is 0. The van der Waals surface area contributed by atoms with Crippen LogP contribution < -0.4 is 14.7 Å². The Bertz CT molecular complexity index is 3070. The number of benzene rings is 10. The second kappa shape index (κ2) is 15.3. The van der Waals surface area contributed by atoms with E-state index in [1.807, 2.05) is 0 Å². The van der Waals surface area contributed by atoms with E-state index in [0.29, 0.717) is 0 Å². The molecule has 0 saturated carbocycles. The van der Waals surface area contributed by atoms with Gasteiger partial charge in [0.25, 0.3) is 0 Å². The van der Waals surface area contributed by atoms with Gasteiger partial charge in [0.15, 0.2) is 0 Å². The second-order valence-electron chi connectivity index (χ2n) is 16.6. The fourth-order valence-electron chi connectivity index (χ4n) is 9.69. The summed E-state index contributed by atoms with van der Waals surface area (Å²) in [6.07, 6.45) is 0. The highest BCUT2D eigenvalue weighted by atomic mass is 15.2. The zero-order valence-corrected chi connectivity index (χ0v) is 34.9. The molecule has 10 aromatic carbocycles. The molecule has 3 nitrogen and oxygen atoms in total. The van der Waals surface area contributed by atoms with Crippen molar-refractivity contribution in [1.82, 2.24) is 0 Å². The summed E-state index contributed by atoms with van der Waals surface area (Å²) in [5.74, 6) is 0. The number of rotatable bonds is 9. The van der Waals surface area contributed by atoms with Crippen LogP contribution in [0.15, 0.2) is 237 Å². The lowest BCUT2D eigenvalue weighted by atomic mass is 9.81. The molecule has 1 aliphatic carbocycles. The predicted molar refractivity (Wildman–Crippen MR) is 263 cm³/mol. The van der Waals surface area contributed by atoms with Gasteiger partial charge in [-0.15, -0.1) is 0 Å². The molecule has 3 heteroatoms. The van der Waals surface area contributed by atoms with Gasteiger partial charge in [0, 0.05) is 56.0 Å². The van der Waals surface area contributed by atoms with Crippen molar-refractivity contribution < 1.29 is 0 Å². The molecule has 296 valence electrons. The Balaban J connectivity index is 1.23. The summed E-state index contributed by atoms with van der Waals surface area (Å²) in [6, 6.07) is 85.7. The average Bonchev–Trinajstić information content (AvgIpc) is 3.56. The molecule has 10 aromatic rings. The van der Waals surface area contributed by atoms with Gasteiger partial charge in [0.1, 0.15) is 0 Å². The quantitative estimate of drug-likeness (QED) is 0.144. The van der Waals surface area contributed by atoms with Crippen molar-refractivity contribution in [2.24, 2.45) is 0 Å². The Morgan fingerprint density at radius 2 is 0.565 bits per heavy atom. The zero-order valence-electron chi connectivity index (χ0n) is 34.9. The number of nitrogens with zero attached hydrogens (tertiary/aromatic N) is 3. The van der Waals surface area contributed by atoms with Crippen LogP contribution in [0.25, 0.3) is 32.7 Å². The molecule has 0 fully saturated rings. The Morgan fingerprint density at radius 1 is 0.258 bits per heavy atom. The van der Waals surface area contributed by atoms with E-state index in [4.69, 9.17) is 0 Å². The number of anilines is 9. The summed E-state index contributed by atoms with van der Waals surface area (Å²) >= 11 is 0. The largest absolute Gasteiger partial charge is 0.310 e. The van der Waals surface area contributed by atoms with Gasteiger partial charge in [-0.25, -0.2) is 0 Å². The van der Waals surface area contributed by atoms with Crippen LogP contribution in [0.4, 0.5) is 51.2 Å². The topological polar surface area (TPSA) is 9.72 Å². The van der Waals surface area contributed by atoms with Crippen molar-refractivity contribution >= 4 is 72.7 Å². The van der Waals surface area contributed by atoms with Crippen molar-refractivity contribution in [1.29, 1.82) is 0 Å². The van der Waals surface area contributed by atoms with Gasteiger partial charge in [-0.05, 0) is 130 Å². The third-order valence-corrected chi connectivity index (χ3v) is 12.5. The molecule has 0 aromatic heterocycles. The maximum atomic E-state index is 2.50. The number of hydrogen-bond acceptors (Lipinski definition) is 3.